The molecule has 112 valence electrons. The molecule has 1 fully saturated rings. The van der Waals surface area contributed by atoms with Crippen molar-refractivity contribution in [2.75, 3.05) is 18.9 Å². The van der Waals surface area contributed by atoms with Crippen molar-refractivity contribution in [3.8, 4) is 0 Å². The van der Waals surface area contributed by atoms with Crippen LogP contribution in [0.15, 0.2) is 6.07 Å². The molecule has 1 unspecified atom stereocenters. The first kappa shape index (κ1) is 15.3. The van der Waals surface area contributed by atoms with Crippen LogP contribution >= 0.6 is 11.6 Å². The molecule has 0 aliphatic heterocycles. The quantitative estimate of drug-likeness (QED) is 0.849. The summed E-state index contributed by atoms with van der Waals surface area (Å²) in [5, 5.41) is 2.47. The van der Waals surface area contributed by atoms with Gasteiger partial charge in [-0.15, -0.1) is 0 Å². The topological polar surface area (TPSA) is 41.1 Å². The number of likely N-dealkylation sites (N-methyl/N-ethyl adjacent to an activating group) is 1. The van der Waals surface area contributed by atoms with Crippen LogP contribution in [0.4, 0.5) is 19.0 Å². The van der Waals surface area contributed by atoms with Crippen molar-refractivity contribution in [3.05, 3.63) is 17.0 Å². The number of hydrogen-bond donors (Lipinski definition) is 1. The maximum Gasteiger partial charge on any atom is 0.433 e. The van der Waals surface area contributed by atoms with Gasteiger partial charge < -0.3 is 5.32 Å². The zero-order valence-corrected chi connectivity index (χ0v) is 12.0. The first-order chi connectivity index (χ1) is 9.27. The Morgan fingerprint density at radius 2 is 2.10 bits per heavy atom. The van der Waals surface area contributed by atoms with Gasteiger partial charge in [0.2, 0.25) is 5.28 Å². The minimum atomic E-state index is -4.53. The summed E-state index contributed by atoms with van der Waals surface area (Å²) < 4.78 is 37.8. The summed E-state index contributed by atoms with van der Waals surface area (Å²) in [6.45, 7) is 2.51. The first-order valence-electron chi connectivity index (χ1n) is 6.35. The highest BCUT2D eigenvalue weighted by Gasteiger charge is 2.34. The standard InChI is InChI=1S/C12H16ClF3N4/c1-7(20(2)8-3-4-8)6-17-10-5-9(12(14,15)16)18-11(13)19-10/h5,7-8H,3-4,6H2,1-2H3,(H,17,18,19). The van der Waals surface area contributed by atoms with E-state index >= 15 is 0 Å². The smallest absolute Gasteiger partial charge is 0.368 e. The molecule has 1 aliphatic carbocycles. The second kappa shape index (κ2) is 5.73. The van der Waals surface area contributed by atoms with Gasteiger partial charge in [-0.25, -0.2) is 9.97 Å². The monoisotopic (exact) mass is 308 g/mol. The van der Waals surface area contributed by atoms with Gasteiger partial charge in [-0.2, -0.15) is 13.2 Å². The van der Waals surface area contributed by atoms with Gasteiger partial charge in [-0.3, -0.25) is 4.90 Å². The van der Waals surface area contributed by atoms with E-state index in [1.54, 1.807) is 0 Å². The van der Waals surface area contributed by atoms with Crippen molar-refractivity contribution >= 4 is 17.4 Å². The third-order valence-electron chi connectivity index (χ3n) is 3.39. The summed E-state index contributed by atoms with van der Waals surface area (Å²) >= 11 is 5.52. The number of alkyl halides is 3. The zero-order chi connectivity index (χ0) is 14.9. The molecule has 4 nitrogen and oxygen atoms in total. The molecule has 0 radical (unpaired) electrons. The summed E-state index contributed by atoms with van der Waals surface area (Å²) in [4.78, 5) is 9.16. The molecule has 1 heterocycles. The molecule has 1 aromatic heterocycles. The summed E-state index contributed by atoms with van der Waals surface area (Å²) in [6, 6.07) is 1.66. The average molecular weight is 309 g/mol. The lowest BCUT2D eigenvalue weighted by Crippen LogP contribution is -2.36. The number of hydrogen-bond acceptors (Lipinski definition) is 4. The number of halogens is 4. The predicted octanol–water partition coefficient (Wildman–Crippen LogP) is 3.04. The van der Waals surface area contributed by atoms with Crippen molar-refractivity contribution < 1.29 is 13.2 Å². The maximum absolute atomic E-state index is 12.6. The Labute approximate surface area is 120 Å². The van der Waals surface area contributed by atoms with Crippen molar-refractivity contribution in [1.29, 1.82) is 0 Å². The molecule has 2 rings (SSSR count). The summed E-state index contributed by atoms with van der Waals surface area (Å²) in [5.74, 6) is 0.0911. The Morgan fingerprint density at radius 1 is 1.45 bits per heavy atom. The van der Waals surface area contributed by atoms with Crippen LogP contribution in [0.5, 0.6) is 0 Å². The van der Waals surface area contributed by atoms with E-state index in [9.17, 15) is 13.2 Å². The Bertz CT molecular complexity index is 476. The fourth-order valence-electron chi connectivity index (χ4n) is 1.89. The van der Waals surface area contributed by atoms with Crippen LogP contribution in [-0.4, -0.2) is 40.5 Å². The highest BCUT2D eigenvalue weighted by Crippen LogP contribution is 2.30. The molecule has 1 atom stereocenters. The highest BCUT2D eigenvalue weighted by molar-refractivity contribution is 6.28. The SMILES string of the molecule is CC(CNc1cc(C(F)(F)F)nc(Cl)n1)N(C)C1CC1. The molecule has 0 amide bonds. The van der Waals surface area contributed by atoms with Crippen molar-refractivity contribution in [1.82, 2.24) is 14.9 Å². The molecular formula is C12H16ClF3N4. The van der Waals surface area contributed by atoms with Gasteiger partial charge >= 0.3 is 6.18 Å². The fourth-order valence-corrected chi connectivity index (χ4v) is 2.07. The van der Waals surface area contributed by atoms with Gasteiger partial charge in [0.25, 0.3) is 0 Å². The fraction of sp³-hybridized carbons (Fsp3) is 0.667. The number of anilines is 1. The van der Waals surface area contributed by atoms with Crippen LogP contribution < -0.4 is 5.32 Å². The summed E-state index contributed by atoms with van der Waals surface area (Å²) in [6.07, 6.45) is -2.17. The minimum absolute atomic E-state index is 0.0911. The third kappa shape index (κ3) is 3.96. The average Bonchev–Trinajstić information content (AvgIpc) is 3.17. The van der Waals surface area contributed by atoms with Gasteiger partial charge in [0, 0.05) is 24.7 Å². The van der Waals surface area contributed by atoms with Crippen LogP contribution in [0.1, 0.15) is 25.5 Å². The maximum atomic E-state index is 12.6. The lowest BCUT2D eigenvalue weighted by atomic mass is 10.3. The molecule has 8 heteroatoms. The van der Waals surface area contributed by atoms with Crippen LogP contribution in [0, 0.1) is 0 Å². The van der Waals surface area contributed by atoms with Gasteiger partial charge in [0.15, 0.2) is 5.69 Å². The van der Waals surface area contributed by atoms with E-state index in [2.05, 4.69) is 20.2 Å². The third-order valence-corrected chi connectivity index (χ3v) is 3.56. The van der Waals surface area contributed by atoms with E-state index in [1.165, 1.54) is 12.8 Å². The molecule has 1 aliphatic rings. The van der Waals surface area contributed by atoms with E-state index in [4.69, 9.17) is 11.6 Å². The molecule has 1 N–H and O–H groups in total. The Balaban J connectivity index is 2.00. The highest BCUT2D eigenvalue weighted by atomic mass is 35.5. The van der Waals surface area contributed by atoms with E-state index in [-0.39, 0.29) is 11.9 Å². The van der Waals surface area contributed by atoms with Crippen LogP contribution in [0.2, 0.25) is 5.28 Å². The lowest BCUT2D eigenvalue weighted by Gasteiger charge is -2.24. The Kier molecular flexibility index (Phi) is 4.39. The second-order valence-electron chi connectivity index (χ2n) is 5.03. The number of aromatic nitrogens is 2. The molecule has 0 saturated heterocycles. The summed E-state index contributed by atoms with van der Waals surface area (Å²) in [5.41, 5.74) is -1.04. The number of rotatable bonds is 5. The number of nitrogens with zero attached hydrogens (tertiary/aromatic N) is 3. The molecule has 0 bridgehead atoms. The molecular weight excluding hydrogens is 293 g/mol. The molecule has 0 spiro atoms. The zero-order valence-electron chi connectivity index (χ0n) is 11.2. The summed E-state index contributed by atoms with van der Waals surface area (Å²) in [7, 11) is 2.01. The lowest BCUT2D eigenvalue weighted by molar-refractivity contribution is -0.141. The molecule has 1 saturated carbocycles. The van der Waals surface area contributed by atoms with Gasteiger partial charge in [0.1, 0.15) is 5.82 Å². The van der Waals surface area contributed by atoms with Gasteiger partial charge in [-0.05, 0) is 38.4 Å². The minimum Gasteiger partial charge on any atom is -0.368 e. The van der Waals surface area contributed by atoms with Gasteiger partial charge in [-0.1, -0.05) is 0 Å². The first-order valence-corrected chi connectivity index (χ1v) is 6.72. The van der Waals surface area contributed by atoms with Crippen LogP contribution in [0.25, 0.3) is 0 Å². The van der Waals surface area contributed by atoms with Crippen molar-refractivity contribution in [2.24, 2.45) is 0 Å². The normalized spacial score (nSPS) is 17.4. The largest absolute Gasteiger partial charge is 0.433 e. The molecule has 0 aromatic carbocycles. The van der Waals surface area contributed by atoms with E-state index in [0.29, 0.717) is 12.6 Å². The molecule has 1 aromatic rings. The second-order valence-corrected chi connectivity index (χ2v) is 5.37. The molecule has 20 heavy (non-hydrogen) atoms. The Morgan fingerprint density at radius 3 is 2.65 bits per heavy atom. The van der Waals surface area contributed by atoms with Crippen molar-refractivity contribution in [2.45, 2.75) is 38.0 Å². The van der Waals surface area contributed by atoms with E-state index in [1.807, 2.05) is 14.0 Å². The van der Waals surface area contributed by atoms with Crippen molar-refractivity contribution in [3.63, 3.8) is 0 Å². The van der Waals surface area contributed by atoms with Gasteiger partial charge in [0.05, 0.1) is 0 Å². The Hall–Kier alpha value is -1.08. The number of nitrogens with one attached hydrogen (secondary N) is 1. The van der Waals surface area contributed by atoms with E-state index in [0.717, 1.165) is 6.07 Å². The van der Waals surface area contributed by atoms with Crippen LogP contribution in [-0.2, 0) is 6.18 Å². The predicted molar refractivity (Wildman–Crippen MR) is 70.8 cm³/mol. The van der Waals surface area contributed by atoms with E-state index < -0.39 is 17.2 Å². The van der Waals surface area contributed by atoms with Crippen LogP contribution in [0.3, 0.4) is 0 Å².